The third-order valence-electron chi connectivity index (χ3n) is 4.33. The Labute approximate surface area is 93.9 Å². The minimum Gasteiger partial charge on any atom is -0.385 e. The Kier molecular flexibility index (Phi) is 2.05. The largest absolute Gasteiger partial charge is 0.385 e. The molecule has 0 spiro atoms. The maximum Gasteiger partial charge on any atom is 0.0927 e. The van der Waals surface area contributed by atoms with Crippen LogP contribution < -0.4 is 5.19 Å². The van der Waals surface area contributed by atoms with Crippen molar-refractivity contribution in [3.8, 4) is 0 Å². The average Bonchev–Trinajstić information content (AvgIpc) is 2.78. The Morgan fingerprint density at radius 3 is 2.80 bits per heavy atom. The first-order valence-electron chi connectivity index (χ1n) is 5.98. The van der Waals surface area contributed by atoms with E-state index in [2.05, 4.69) is 24.3 Å². The van der Waals surface area contributed by atoms with Crippen LogP contribution in [0.3, 0.4) is 0 Å². The van der Waals surface area contributed by atoms with Crippen molar-refractivity contribution >= 4 is 15.4 Å². The third-order valence-corrected chi connectivity index (χ3v) is 4.96. The van der Waals surface area contributed by atoms with Crippen molar-refractivity contribution in [3.05, 3.63) is 29.8 Å². The van der Waals surface area contributed by atoms with Gasteiger partial charge in [-0.1, -0.05) is 29.5 Å². The molecular formula is C13H18OSi. The maximum absolute atomic E-state index is 10.8. The lowest BCUT2D eigenvalue weighted by Gasteiger charge is -2.33. The molecule has 0 heterocycles. The summed E-state index contributed by atoms with van der Waals surface area (Å²) >= 11 is 0. The van der Waals surface area contributed by atoms with Gasteiger partial charge in [0.2, 0.25) is 0 Å². The van der Waals surface area contributed by atoms with Crippen molar-refractivity contribution in [2.24, 2.45) is 11.8 Å². The summed E-state index contributed by atoms with van der Waals surface area (Å²) in [5, 5.41) is 12.2. The lowest BCUT2D eigenvalue weighted by atomic mass is 9.79. The molecule has 2 fully saturated rings. The highest BCUT2D eigenvalue weighted by Gasteiger charge is 2.50. The summed E-state index contributed by atoms with van der Waals surface area (Å²) in [6.07, 6.45) is 4.82. The van der Waals surface area contributed by atoms with Crippen LogP contribution in [0.15, 0.2) is 24.3 Å². The van der Waals surface area contributed by atoms with E-state index < -0.39 is 5.60 Å². The minimum atomic E-state index is -0.483. The molecule has 3 atom stereocenters. The van der Waals surface area contributed by atoms with Gasteiger partial charge in [-0.2, -0.15) is 0 Å². The molecule has 3 rings (SSSR count). The molecule has 0 aliphatic heterocycles. The fourth-order valence-electron chi connectivity index (χ4n) is 3.57. The number of fused-ring (bicyclic) bond motifs is 2. The summed E-state index contributed by atoms with van der Waals surface area (Å²) in [5.74, 6) is 1.32. The number of hydrogen-bond acceptors (Lipinski definition) is 1. The van der Waals surface area contributed by atoms with Crippen LogP contribution in [0.5, 0.6) is 0 Å². The van der Waals surface area contributed by atoms with Gasteiger partial charge in [-0.15, -0.1) is 0 Å². The molecule has 1 nitrogen and oxygen atoms in total. The van der Waals surface area contributed by atoms with E-state index in [0.717, 1.165) is 22.6 Å². The molecule has 2 saturated carbocycles. The molecule has 1 aromatic carbocycles. The SMILES string of the molecule is OC1(c2cccc([SiH3])c2)CC2CCC1C2. The lowest BCUT2D eigenvalue weighted by molar-refractivity contribution is -0.0181. The molecule has 0 amide bonds. The second kappa shape index (κ2) is 3.19. The zero-order chi connectivity index (χ0) is 10.5. The van der Waals surface area contributed by atoms with Gasteiger partial charge in [-0.25, -0.2) is 0 Å². The summed E-state index contributed by atoms with van der Waals surface area (Å²) < 4.78 is 0. The van der Waals surface area contributed by atoms with Crippen LogP contribution in [0, 0.1) is 11.8 Å². The highest BCUT2D eigenvalue weighted by Crippen LogP contribution is 2.55. The first kappa shape index (κ1) is 9.61. The van der Waals surface area contributed by atoms with Gasteiger partial charge in [0.05, 0.1) is 5.60 Å². The molecule has 2 heteroatoms. The fraction of sp³-hybridized carbons (Fsp3) is 0.538. The topological polar surface area (TPSA) is 20.2 Å². The van der Waals surface area contributed by atoms with Gasteiger partial charge < -0.3 is 5.11 Å². The standard InChI is InChI=1S/C13H18OSi/c14-13(8-9-4-5-11(13)6-9)10-2-1-3-12(15)7-10/h1-3,7,9,11,14H,4-6,8H2,15H3. The van der Waals surface area contributed by atoms with Crippen LogP contribution in [0.4, 0.5) is 0 Å². The van der Waals surface area contributed by atoms with Crippen molar-refractivity contribution in [2.75, 3.05) is 0 Å². The van der Waals surface area contributed by atoms with E-state index in [4.69, 9.17) is 0 Å². The monoisotopic (exact) mass is 218 g/mol. The predicted molar refractivity (Wildman–Crippen MR) is 65.4 cm³/mol. The normalized spacial score (nSPS) is 38.7. The molecule has 0 radical (unpaired) electrons. The van der Waals surface area contributed by atoms with Gasteiger partial charge in [-0.3, -0.25) is 0 Å². The molecule has 0 saturated heterocycles. The second-order valence-corrected chi connectivity index (χ2v) is 6.53. The average molecular weight is 218 g/mol. The predicted octanol–water partition coefficient (Wildman–Crippen LogP) is 0.685. The zero-order valence-electron chi connectivity index (χ0n) is 9.24. The summed E-state index contributed by atoms with van der Waals surface area (Å²) in [5.41, 5.74) is 0.700. The molecule has 1 aromatic rings. The van der Waals surface area contributed by atoms with Gasteiger partial charge >= 0.3 is 0 Å². The van der Waals surface area contributed by atoms with Crippen molar-refractivity contribution in [2.45, 2.75) is 31.3 Å². The Balaban J connectivity index is 2.00. The summed E-state index contributed by atoms with van der Waals surface area (Å²) in [7, 11) is 1.08. The highest BCUT2D eigenvalue weighted by molar-refractivity contribution is 6.32. The van der Waals surface area contributed by atoms with Gasteiger partial charge in [0.25, 0.3) is 0 Å². The first-order valence-corrected chi connectivity index (χ1v) is 6.98. The lowest BCUT2D eigenvalue weighted by Crippen LogP contribution is -2.32. The van der Waals surface area contributed by atoms with E-state index in [-0.39, 0.29) is 0 Å². The van der Waals surface area contributed by atoms with E-state index in [1.165, 1.54) is 30.0 Å². The van der Waals surface area contributed by atoms with Crippen LogP contribution in [0.2, 0.25) is 0 Å². The maximum atomic E-state index is 10.8. The molecule has 0 aromatic heterocycles. The minimum absolute atomic E-state index is 0.483. The van der Waals surface area contributed by atoms with E-state index in [0.29, 0.717) is 5.92 Å². The molecule has 2 aliphatic carbocycles. The number of aliphatic hydroxyl groups is 1. The Hall–Kier alpha value is -0.603. The fourth-order valence-corrected chi connectivity index (χ4v) is 4.07. The second-order valence-electron chi connectivity index (χ2n) is 5.37. The van der Waals surface area contributed by atoms with Gasteiger partial charge in [0.15, 0.2) is 0 Å². The van der Waals surface area contributed by atoms with Crippen LogP contribution in [-0.4, -0.2) is 15.3 Å². The Morgan fingerprint density at radius 1 is 1.33 bits per heavy atom. The van der Waals surface area contributed by atoms with Crippen LogP contribution >= 0.6 is 0 Å². The van der Waals surface area contributed by atoms with Gasteiger partial charge in [-0.05, 0) is 43.1 Å². The molecule has 3 unspecified atom stereocenters. The summed E-state index contributed by atoms with van der Waals surface area (Å²) in [6.45, 7) is 0. The van der Waals surface area contributed by atoms with Crippen molar-refractivity contribution < 1.29 is 5.11 Å². The summed E-state index contributed by atoms with van der Waals surface area (Å²) in [6, 6.07) is 8.59. The van der Waals surface area contributed by atoms with Gasteiger partial charge in [0, 0.05) is 10.2 Å². The first-order chi connectivity index (χ1) is 7.18. The molecule has 2 aliphatic rings. The van der Waals surface area contributed by atoms with Gasteiger partial charge in [0.1, 0.15) is 0 Å². The number of hydrogen-bond donors (Lipinski definition) is 1. The van der Waals surface area contributed by atoms with E-state index in [1.54, 1.807) is 0 Å². The van der Waals surface area contributed by atoms with Crippen molar-refractivity contribution in [3.63, 3.8) is 0 Å². The zero-order valence-corrected chi connectivity index (χ0v) is 11.2. The Morgan fingerprint density at radius 2 is 2.20 bits per heavy atom. The Bertz CT molecular complexity index is 390. The molecule has 2 bridgehead atoms. The third kappa shape index (κ3) is 1.39. The molecular weight excluding hydrogens is 200 g/mol. The molecule has 1 N–H and O–H groups in total. The van der Waals surface area contributed by atoms with E-state index >= 15 is 0 Å². The molecule has 80 valence electrons. The van der Waals surface area contributed by atoms with Crippen LogP contribution in [0.1, 0.15) is 31.2 Å². The van der Waals surface area contributed by atoms with Crippen LogP contribution in [0.25, 0.3) is 0 Å². The van der Waals surface area contributed by atoms with Crippen molar-refractivity contribution in [1.82, 2.24) is 0 Å². The van der Waals surface area contributed by atoms with Crippen molar-refractivity contribution in [1.29, 1.82) is 0 Å². The van der Waals surface area contributed by atoms with E-state index in [9.17, 15) is 5.11 Å². The van der Waals surface area contributed by atoms with E-state index in [1.807, 2.05) is 0 Å². The quantitative estimate of drug-likeness (QED) is 0.688. The molecule has 15 heavy (non-hydrogen) atoms. The highest BCUT2D eigenvalue weighted by atomic mass is 28.1. The summed E-state index contributed by atoms with van der Waals surface area (Å²) in [4.78, 5) is 0. The smallest absolute Gasteiger partial charge is 0.0927 e. The van der Waals surface area contributed by atoms with Crippen LogP contribution in [-0.2, 0) is 5.60 Å². The number of benzene rings is 1. The number of rotatable bonds is 1.